The van der Waals surface area contributed by atoms with Crippen molar-refractivity contribution >= 4 is 37.8 Å². The van der Waals surface area contributed by atoms with E-state index in [-0.39, 0.29) is 29.2 Å². The molecule has 2 rings (SSSR count). The van der Waals surface area contributed by atoms with Crippen molar-refractivity contribution < 1.29 is 23.1 Å². The molecular weight excluding hydrogens is 426 g/mol. The van der Waals surface area contributed by atoms with E-state index in [0.29, 0.717) is 0 Å². The van der Waals surface area contributed by atoms with Gasteiger partial charge < -0.3 is 5.11 Å². The first-order valence-electron chi connectivity index (χ1n) is 7.42. The number of nitrogens with one attached hydrogen (secondary N) is 3. The summed E-state index contributed by atoms with van der Waals surface area (Å²) in [5.74, 6) is -1.50. The van der Waals surface area contributed by atoms with Crippen molar-refractivity contribution in [2.45, 2.75) is 11.3 Å². The summed E-state index contributed by atoms with van der Waals surface area (Å²) in [7, 11) is -3.72. The van der Waals surface area contributed by atoms with Crippen LogP contribution in [0.4, 0.5) is 0 Å². The molecule has 0 heterocycles. The second kappa shape index (κ2) is 8.79. The Morgan fingerprint density at radius 3 is 2.31 bits per heavy atom. The number of sulfonamides is 1. The number of halogens is 1. The molecule has 2 aromatic carbocycles. The predicted octanol–water partition coefficient (Wildman–Crippen LogP) is 1.28. The van der Waals surface area contributed by atoms with Crippen LogP contribution in [-0.4, -0.2) is 31.9 Å². The summed E-state index contributed by atoms with van der Waals surface area (Å²) in [5.41, 5.74) is 4.30. The number of phenolic OH excluding ortho intramolecular Hbond substituents is 1. The van der Waals surface area contributed by atoms with Crippen LogP contribution >= 0.6 is 15.9 Å². The molecule has 8 nitrogen and oxygen atoms in total. The molecule has 0 saturated carbocycles. The van der Waals surface area contributed by atoms with Crippen LogP contribution in [0.25, 0.3) is 0 Å². The molecule has 0 unspecified atom stereocenters. The van der Waals surface area contributed by atoms with Gasteiger partial charge in [0.1, 0.15) is 5.75 Å². The van der Waals surface area contributed by atoms with Gasteiger partial charge in [-0.15, -0.1) is 0 Å². The summed E-state index contributed by atoms with van der Waals surface area (Å²) in [6, 6.07) is 11.9. The number of para-hydroxylation sites is 1. The third kappa shape index (κ3) is 5.55. The zero-order valence-corrected chi connectivity index (χ0v) is 15.8. The van der Waals surface area contributed by atoms with Crippen molar-refractivity contribution in [3.8, 4) is 5.75 Å². The number of hydrazine groups is 1. The van der Waals surface area contributed by atoms with Crippen LogP contribution in [0, 0.1) is 0 Å². The Hall–Kier alpha value is -2.43. The van der Waals surface area contributed by atoms with Gasteiger partial charge in [-0.1, -0.05) is 28.1 Å². The fourth-order valence-corrected chi connectivity index (χ4v) is 3.21. The van der Waals surface area contributed by atoms with Gasteiger partial charge in [0, 0.05) is 17.4 Å². The van der Waals surface area contributed by atoms with E-state index in [4.69, 9.17) is 0 Å². The molecule has 0 bridgehead atoms. The van der Waals surface area contributed by atoms with E-state index in [2.05, 4.69) is 31.5 Å². The van der Waals surface area contributed by atoms with Crippen LogP contribution in [-0.2, 0) is 14.8 Å². The fraction of sp³-hybridized carbons (Fsp3) is 0.125. The number of aromatic hydroxyl groups is 1. The van der Waals surface area contributed by atoms with Gasteiger partial charge in [-0.3, -0.25) is 20.4 Å². The van der Waals surface area contributed by atoms with Crippen molar-refractivity contribution in [1.82, 2.24) is 15.6 Å². The van der Waals surface area contributed by atoms with Crippen molar-refractivity contribution in [3.05, 3.63) is 58.6 Å². The van der Waals surface area contributed by atoms with Crippen molar-refractivity contribution in [1.29, 1.82) is 0 Å². The monoisotopic (exact) mass is 441 g/mol. The zero-order chi connectivity index (χ0) is 19.2. The molecule has 0 aliphatic rings. The molecule has 10 heteroatoms. The molecule has 2 amide bonds. The van der Waals surface area contributed by atoms with E-state index in [1.54, 1.807) is 24.3 Å². The molecule has 0 aliphatic heterocycles. The number of amides is 2. The molecule has 138 valence electrons. The Labute approximate surface area is 158 Å². The normalized spacial score (nSPS) is 11.0. The predicted molar refractivity (Wildman–Crippen MR) is 97.7 cm³/mol. The number of benzene rings is 2. The van der Waals surface area contributed by atoms with Crippen LogP contribution in [0.2, 0.25) is 0 Å². The summed E-state index contributed by atoms with van der Waals surface area (Å²) in [6.07, 6.45) is -0.184. The van der Waals surface area contributed by atoms with Crippen molar-refractivity contribution in [2.75, 3.05) is 6.54 Å². The molecule has 0 saturated heterocycles. The molecule has 26 heavy (non-hydrogen) atoms. The van der Waals surface area contributed by atoms with E-state index in [1.165, 1.54) is 24.3 Å². The third-order valence-corrected chi connectivity index (χ3v) is 5.24. The second-order valence-corrected chi connectivity index (χ2v) is 7.80. The molecule has 0 radical (unpaired) electrons. The first-order valence-corrected chi connectivity index (χ1v) is 9.69. The maximum absolute atomic E-state index is 12.1. The van der Waals surface area contributed by atoms with Crippen LogP contribution in [0.1, 0.15) is 16.8 Å². The maximum atomic E-state index is 12.1. The van der Waals surface area contributed by atoms with Crippen LogP contribution in [0.3, 0.4) is 0 Å². The number of rotatable bonds is 6. The van der Waals surface area contributed by atoms with E-state index in [0.717, 1.165) is 4.47 Å². The highest BCUT2D eigenvalue weighted by Crippen LogP contribution is 2.15. The topological polar surface area (TPSA) is 125 Å². The van der Waals surface area contributed by atoms with E-state index < -0.39 is 21.8 Å². The first kappa shape index (κ1) is 19.9. The van der Waals surface area contributed by atoms with Crippen LogP contribution < -0.4 is 15.6 Å². The SMILES string of the molecule is O=C(CCNS(=O)(=O)c1ccc(Br)cc1)NNC(=O)c1ccccc1O. The Kier molecular flexibility index (Phi) is 6.72. The highest BCUT2D eigenvalue weighted by molar-refractivity contribution is 9.10. The minimum absolute atomic E-state index is 0.00346. The molecule has 4 N–H and O–H groups in total. The molecule has 0 aliphatic carbocycles. The van der Waals surface area contributed by atoms with Gasteiger partial charge >= 0.3 is 0 Å². The summed E-state index contributed by atoms with van der Waals surface area (Å²) < 4.78 is 27.2. The number of hydrogen-bond donors (Lipinski definition) is 4. The molecule has 0 atom stereocenters. The lowest BCUT2D eigenvalue weighted by atomic mass is 10.2. The van der Waals surface area contributed by atoms with Gasteiger partial charge in [0.2, 0.25) is 15.9 Å². The summed E-state index contributed by atoms with van der Waals surface area (Å²) in [5, 5.41) is 9.55. The Bertz CT molecular complexity index is 900. The Morgan fingerprint density at radius 1 is 1.00 bits per heavy atom. The van der Waals surface area contributed by atoms with Gasteiger partial charge in [0.05, 0.1) is 10.5 Å². The molecule has 0 aromatic heterocycles. The zero-order valence-electron chi connectivity index (χ0n) is 13.4. The van der Waals surface area contributed by atoms with Crippen molar-refractivity contribution in [2.24, 2.45) is 0 Å². The third-order valence-electron chi connectivity index (χ3n) is 3.23. The molecule has 2 aromatic rings. The lowest BCUT2D eigenvalue weighted by Crippen LogP contribution is -2.42. The smallest absolute Gasteiger partial charge is 0.273 e. The van der Waals surface area contributed by atoms with Gasteiger partial charge in [0.15, 0.2) is 0 Å². The second-order valence-electron chi connectivity index (χ2n) is 5.12. The summed E-state index contributed by atoms with van der Waals surface area (Å²) in [6.45, 7) is -0.142. The largest absolute Gasteiger partial charge is 0.507 e. The fourth-order valence-electron chi connectivity index (χ4n) is 1.92. The summed E-state index contributed by atoms with van der Waals surface area (Å²) >= 11 is 3.22. The lowest BCUT2D eigenvalue weighted by Gasteiger charge is -2.09. The number of carbonyl (C=O) groups is 2. The highest BCUT2D eigenvalue weighted by atomic mass is 79.9. The lowest BCUT2D eigenvalue weighted by molar-refractivity contribution is -0.121. The van der Waals surface area contributed by atoms with Gasteiger partial charge in [-0.25, -0.2) is 13.1 Å². The number of carbonyl (C=O) groups excluding carboxylic acids is 2. The minimum Gasteiger partial charge on any atom is -0.507 e. The Balaban J connectivity index is 1.79. The standard InChI is InChI=1S/C16H16BrN3O5S/c17-11-5-7-12(8-6-11)26(24,25)18-10-9-15(22)19-20-16(23)13-3-1-2-4-14(13)21/h1-8,18,21H,9-10H2,(H,19,22)(H,20,23). The average Bonchev–Trinajstić information content (AvgIpc) is 2.60. The van der Waals surface area contributed by atoms with E-state index >= 15 is 0 Å². The van der Waals surface area contributed by atoms with E-state index in [1.807, 2.05) is 0 Å². The molecule has 0 fully saturated rings. The minimum atomic E-state index is -3.72. The molecule has 0 spiro atoms. The van der Waals surface area contributed by atoms with Crippen molar-refractivity contribution in [3.63, 3.8) is 0 Å². The van der Waals surface area contributed by atoms with Crippen LogP contribution in [0.15, 0.2) is 57.9 Å². The van der Waals surface area contributed by atoms with Gasteiger partial charge in [-0.05, 0) is 36.4 Å². The summed E-state index contributed by atoms with van der Waals surface area (Å²) in [4.78, 5) is 23.6. The highest BCUT2D eigenvalue weighted by Gasteiger charge is 2.15. The van der Waals surface area contributed by atoms with Crippen LogP contribution in [0.5, 0.6) is 5.75 Å². The average molecular weight is 442 g/mol. The number of phenols is 1. The van der Waals surface area contributed by atoms with Gasteiger partial charge in [-0.2, -0.15) is 0 Å². The quantitative estimate of drug-likeness (QED) is 0.502. The molecular formula is C16H16BrN3O5S. The maximum Gasteiger partial charge on any atom is 0.273 e. The Morgan fingerprint density at radius 2 is 1.65 bits per heavy atom. The first-order chi connectivity index (χ1) is 12.3. The number of hydrogen-bond acceptors (Lipinski definition) is 5. The van der Waals surface area contributed by atoms with E-state index in [9.17, 15) is 23.1 Å². The van der Waals surface area contributed by atoms with Gasteiger partial charge in [0.25, 0.3) is 5.91 Å².